The summed E-state index contributed by atoms with van der Waals surface area (Å²) in [5.41, 5.74) is 3.87. The molecular formula is C27H35N3O2. The number of hydrogen-bond acceptors (Lipinski definition) is 3. The van der Waals surface area contributed by atoms with Crippen LogP contribution >= 0.6 is 0 Å². The van der Waals surface area contributed by atoms with Gasteiger partial charge in [-0.2, -0.15) is 0 Å². The highest BCUT2D eigenvalue weighted by Gasteiger charge is 2.18. The van der Waals surface area contributed by atoms with Crippen LogP contribution in [0.25, 0.3) is 11.0 Å². The molecule has 0 aliphatic heterocycles. The van der Waals surface area contributed by atoms with E-state index >= 15 is 0 Å². The Morgan fingerprint density at radius 1 is 1.12 bits per heavy atom. The SMILES string of the molecule is C=C(C)C(=O)NC(C)c1nc2ccccc2n1CCCCOc1ccc(C(C)CC)cc1. The summed E-state index contributed by atoms with van der Waals surface area (Å²) in [5.74, 6) is 2.21. The molecule has 1 heterocycles. The number of unbranched alkanes of at least 4 members (excludes halogenated alkanes) is 1. The maximum Gasteiger partial charge on any atom is 0.246 e. The summed E-state index contributed by atoms with van der Waals surface area (Å²) in [6.07, 6.45) is 3.03. The van der Waals surface area contributed by atoms with Crippen molar-refractivity contribution in [1.29, 1.82) is 0 Å². The van der Waals surface area contributed by atoms with Crippen LogP contribution in [0.5, 0.6) is 5.75 Å². The zero-order valence-electron chi connectivity index (χ0n) is 19.7. The molecule has 2 aromatic carbocycles. The van der Waals surface area contributed by atoms with Gasteiger partial charge in [0.15, 0.2) is 0 Å². The van der Waals surface area contributed by atoms with Crippen molar-refractivity contribution in [3.63, 3.8) is 0 Å². The Hall–Kier alpha value is -3.08. The number of fused-ring (bicyclic) bond motifs is 1. The fourth-order valence-electron chi connectivity index (χ4n) is 3.73. The number of carbonyl (C=O) groups is 1. The van der Waals surface area contributed by atoms with Gasteiger partial charge in [0.1, 0.15) is 11.6 Å². The lowest BCUT2D eigenvalue weighted by Crippen LogP contribution is -2.29. The number of benzene rings is 2. The van der Waals surface area contributed by atoms with Gasteiger partial charge < -0.3 is 14.6 Å². The maximum atomic E-state index is 12.1. The predicted octanol–water partition coefficient (Wildman–Crippen LogP) is 6.16. The first-order valence-electron chi connectivity index (χ1n) is 11.5. The zero-order valence-corrected chi connectivity index (χ0v) is 19.7. The van der Waals surface area contributed by atoms with Gasteiger partial charge in [-0.25, -0.2) is 4.98 Å². The van der Waals surface area contributed by atoms with Crippen molar-refractivity contribution in [3.05, 3.63) is 72.1 Å². The van der Waals surface area contributed by atoms with Crippen LogP contribution in [-0.4, -0.2) is 22.1 Å². The molecule has 1 amide bonds. The van der Waals surface area contributed by atoms with Crippen LogP contribution in [-0.2, 0) is 11.3 Å². The smallest absolute Gasteiger partial charge is 0.246 e. The van der Waals surface area contributed by atoms with Crippen LogP contribution in [0.1, 0.15) is 70.3 Å². The number of hydrogen-bond donors (Lipinski definition) is 1. The molecule has 0 aliphatic rings. The Balaban J connectivity index is 1.59. The maximum absolute atomic E-state index is 12.1. The number of nitrogens with zero attached hydrogens (tertiary/aromatic N) is 2. The Bertz CT molecular complexity index is 1050. The lowest BCUT2D eigenvalue weighted by molar-refractivity contribution is -0.118. The summed E-state index contributed by atoms with van der Waals surface area (Å²) < 4.78 is 8.15. The van der Waals surface area contributed by atoms with Crippen molar-refractivity contribution in [2.45, 2.75) is 65.5 Å². The highest BCUT2D eigenvalue weighted by atomic mass is 16.5. The monoisotopic (exact) mass is 433 g/mol. The number of amides is 1. The van der Waals surface area contributed by atoms with E-state index in [0.717, 1.165) is 48.4 Å². The average Bonchev–Trinajstić information content (AvgIpc) is 3.17. The van der Waals surface area contributed by atoms with Crippen LogP contribution < -0.4 is 10.1 Å². The number of carbonyl (C=O) groups excluding carboxylic acids is 1. The summed E-state index contributed by atoms with van der Waals surface area (Å²) in [7, 11) is 0. The van der Waals surface area contributed by atoms with Crippen LogP contribution in [0.2, 0.25) is 0 Å². The fraction of sp³-hybridized carbons (Fsp3) is 0.407. The minimum atomic E-state index is -0.202. The zero-order chi connectivity index (χ0) is 23.1. The second-order valence-electron chi connectivity index (χ2n) is 8.52. The van der Waals surface area contributed by atoms with Gasteiger partial charge in [0.25, 0.3) is 0 Å². The highest BCUT2D eigenvalue weighted by Crippen LogP contribution is 2.23. The normalized spacial score (nSPS) is 13.0. The van der Waals surface area contributed by atoms with Gasteiger partial charge in [0, 0.05) is 12.1 Å². The molecule has 5 nitrogen and oxygen atoms in total. The van der Waals surface area contributed by atoms with Gasteiger partial charge in [-0.05, 0) is 68.9 Å². The molecule has 32 heavy (non-hydrogen) atoms. The summed E-state index contributed by atoms with van der Waals surface area (Å²) in [6, 6.07) is 16.3. The Morgan fingerprint density at radius 2 is 1.84 bits per heavy atom. The van der Waals surface area contributed by atoms with E-state index in [1.165, 1.54) is 5.56 Å². The Labute approximate surface area is 191 Å². The number of aryl methyl sites for hydroxylation is 1. The van der Waals surface area contributed by atoms with Crippen molar-refractivity contribution in [3.8, 4) is 5.75 Å². The van der Waals surface area contributed by atoms with E-state index in [2.05, 4.69) is 60.6 Å². The van der Waals surface area contributed by atoms with E-state index in [1.807, 2.05) is 25.1 Å². The van der Waals surface area contributed by atoms with Crippen molar-refractivity contribution in [1.82, 2.24) is 14.9 Å². The third-order valence-corrected chi connectivity index (χ3v) is 5.91. The van der Waals surface area contributed by atoms with Gasteiger partial charge in [-0.3, -0.25) is 4.79 Å². The number of rotatable bonds is 11. The van der Waals surface area contributed by atoms with Gasteiger partial charge in [0.2, 0.25) is 5.91 Å². The van der Waals surface area contributed by atoms with Crippen molar-refractivity contribution in [2.75, 3.05) is 6.61 Å². The van der Waals surface area contributed by atoms with E-state index in [1.54, 1.807) is 6.92 Å². The molecule has 3 aromatic rings. The number of aromatic nitrogens is 2. The van der Waals surface area contributed by atoms with E-state index in [9.17, 15) is 4.79 Å². The summed E-state index contributed by atoms with van der Waals surface area (Å²) in [5, 5.41) is 2.99. The highest BCUT2D eigenvalue weighted by molar-refractivity contribution is 5.92. The Morgan fingerprint density at radius 3 is 2.53 bits per heavy atom. The predicted molar refractivity (Wildman–Crippen MR) is 131 cm³/mol. The van der Waals surface area contributed by atoms with Crippen LogP contribution in [0.3, 0.4) is 0 Å². The van der Waals surface area contributed by atoms with Crippen LogP contribution in [0, 0.1) is 0 Å². The van der Waals surface area contributed by atoms with E-state index in [0.29, 0.717) is 18.1 Å². The molecule has 3 rings (SSSR count). The molecule has 0 saturated carbocycles. The molecule has 2 unspecified atom stereocenters. The van der Waals surface area contributed by atoms with Crippen LogP contribution in [0.4, 0.5) is 0 Å². The standard InChI is InChI=1S/C27H35N3O2/c1-6-20(4)22-13-15-23(16-14-22)32-18-10-9-17-30-25-12-8-7-11-24(25)29-26(30)21(5)28-27(31)19(2)3/h7-8,11-16,20-21H,2,6,9-10,17-18H2,1,3-5H3,(H,28,31). The lowest BCUT2D eigenvalue weighted by Gasteiger charge is -2.16. The second-order valence-corrected chi connectivity index (χ2v) is 8.52. The number of ether oxygens (including phenoxy) is 1. The Kier molecular flexibility index (Phi) is 8.09. The largest absolute Gasteiger partial charge is 0.494 e. The first-order valence-corrected chi connectivity index (χ1v) is 11.5. The third-order valence-electron chi connectivity index (χ3n) is 5.91. The van der Waals surface area contributed by atoms with Crippen molar-refractivity contribution < 1.29 is 9.53 Å². The number of para-hydroxylation sites is 2. The first kappa shape index (κ1) is 23.6. The topological polar surface area (TPSA) is 56.2 Å². The molecule has 2 atom stereocenters. The molecule has 0 saturated heterocycles. The van der Waals surface area contributed by atoms with E-state index in [-0.39, 0.29) is 11.9 Å². The van der Waals surface area contributed by atoms with Gasteiger partial charge >= 0.3 is 0 Å². The summed E-state index contributed by atoms with van der Waals surface area (Å²) >= 11 is 0. The molecule has 170 valence electrons. The van der Waals surface area contributed by atoms with E-state index < -0.39 is 0 Å². The molecule has 0 radical (unpaired) electrons. The van der Waals surface area contributed by atoms with Crippen molar-refractivity contribution in [2.24, 2.45) is 0 Å². The average molecular weight is 434 g/mol. The number of imidazole rings is 1. The quantitative estimate of drug-likeness (QED) is 0.291. The summed E-state index contributed by atoms with van der Waals surface area (Å²) in [4.78, 5) is 16.9. The molecule has 1 aromatic heterocycles. The van der Waals surface area contributed by atoms with Crippen molar-refractivity contribution >= 4 is 16.9 Å². The van der Waals surface area contributed by atoms with Gasteiger partial charge in [0.05, 0.1) is 23.7 Å². The molecular weight excluding hydrogens is 398 g/mol. The van der Waals surface area contributed by atoms with Gasteiger partial charge in [-0.15, -0.1) is 0 Å². The third kappa shape index (κ3) is 5.78. The van der Waals surface area contributed by atoms with E-state index in [4.69, 9.17) is 9.72 Å². The number of nitrogens with one attached hydrogen (secondary N) is 1. The van der Waals surface area contributed by atoms with Crippen LogP contribution in [0.15, 0.2) is 60.7 Å². The minimum absolute atomic E-state index is 0.149. The minimum Gasteiger partial charge on any atom is -0.494 e. The molecule has 1 N–H and O–H groups in total. The molecule has 5 heteroatoms. The molecule has 0 aliphatic carbocycles. The summed E-state index contributed by atoms with van der Waals surface area (Å²) in [6.45, 7) is 13.3. The second kappa shape index (κ2) is 11.0. The van der Waals surface area contributed by atoms with Gasteiger partial charge in [-0.1, -0.05) is 44.7 Å². The fourth-order valence-corrected chi connectivity index (χ4v) is 3.73. The molecule has 0 fully saturated rings. The first-order chi connectivity index (χ1) is 15.4. The lowest BCUT2D eigenvalue weighted by atomic mass is 9.99. The molecule has 0 spiro atoms. The molecule has 0 bridgehead atoms.